The maximum absolute atomic E-state index is 8.85. The highest BCUT2D eigenvalue weighted by atomic mass is 16.3. The van der Waals surface area contributed by atoms with Crippen molar-refractivity contribution in [1.82, 2.24) is 0 Å². The van der Waals surface area contributed by atoms with Gasteiger partial charge in [-0.05, 0) is 12.1 Å². The molecule has 0 aliphatic heterocycles. The first-order valence-electron chi connectivity index (χ1n) is 2.71. The lowest BCUT2D eigenvalue weighted by molar-refractivity contribution is 0.474. The Morgan fingerprint density at radius 2 is 2.44 bits per heavy atom. The third kappa shape index (κ3) is 1.35. The predicted octanol–water partition coefficient (Wildman–Crippen LogP) is 1.23. The molecule has 0 aliphatic rings. The monoisotopic (exact) mass is 122 g/mol. The molecule has 2 N–H and O–H groups in total. The van der Waals surface area contributed by atoms with E-state index in [9.17, 15) is 0 Å². The standard InChI is InChI=1S/C7H8NO/c1-8-6-3-2-4-7(9)5-6/h2-3,5,8-9H,1H3. The van der Waals surface area contributed by atoms with E-state index in [0.29, 0.717) is 0 Å². The van der Waals surface area contributed by atoms with Crippen molar-refractivity contribution in [3.63, 3.8) is 0 Å². The van der Waals surface area contributed by atoms with Crippen LogP contribution in [0.15, 0.2) is 18.2 Å². The highest BCUT2D eigenvalue weighted by Crippen LogP contribution is 2.13. The topological polar surface area (TPSA) is 32.3 Å². The third-order valence-electron chi connectivity index (χ3n) is 1.08. The van der Waals surface area contributed by atoms with Gasteiger partial charge in [0.25, 0.3) is 0 Å². The highest BCUT2D eigenvalue weighted by molar-refractivity contribution is 5.46. The van der Waals surface area contributed by atoms with Gasteiger partial charge in [0, 0.05) is 24.9 Å². The summed E-state index contributed by atoms with van der Waals surface area (Å²) in [7, 11) is 1.80. The Hall–Kier alpha value is -1.18. The number of rotatable bonds is 1. The van der Waals surface area contributed by atoms with Gasteiger partial charge in [0.2, 0.25) is 0 Å². The molecule has 0 bridgehead atoms. The lowest BCUT2D eigenvalue weighted by Gasteiger charge is -1.97. The van der Waals surface area contributed by atoms with E-state index in [1.54, 1.807) is 19.2 Å². The smallest absolute Gasteiger partial charge is 0.125 e. The lowest BCUT2D eigenvalue weighted by atomic mass is 10.3. The molecule has 0 aliphatic carbocycles. The molecule has 1 rings (SSSR count). The number of benzene rings is 1. The van der Waals surface area contributed by atoms with Crippen LogP contribution in [0.1, 0.15) is 0 Å². The first-order valence-corrected chi connectivity index (χ1v) is 2.71. The van der Waals surface area contributed by atoms with E-state index in [-0.39, 0.29) is 5.75 Å². The molecule has 2 nitrogen and oxygen atoms in total. The Morgan fingerprint density at radius 1 is 1.67 bits per heavy atom. The molecule has 0 aromatic heterocycles. The van der Waals surface area contributed by atoms with Crippen molar-refractivity contribution < 1.29 is 5.11 Å². The van der Waals surface area contributed by atoms with Crippen molar-refractivity contribution in [3.05, 3.63) is 24.3 Å². The van der Waals surface area contributed by atoms with E-state index >= 15 is 0 Å². The zero-order valence-corrected chi connectivity index (χ0v) is 5.18. The zero-order chi connectivity index (χ0) is 6.69. The van der Waals surface area contributed by atoms with Crippen molar-refractivity contribution in [2.75, 3.05) is 12.4 Å². The third-order valence-corrected chi connectivity index (χ3v) is 1.08. The molecule has 0 saturated heterocycles. The van der Waals surface area contributed by atoms with Crippen LogP contribution >= 0.6 is 0 Å². The summed E-state index contributed by atoms with van der Waals surface area (Å²) in [6.07, 6.45) is 0. The fourth-order valence-corrected chi connectivity index (χ4v) is 0.609. The molecule has 0 saturated carbocycles. The van der Waals surface area contributed by atoms with E-state index in [0.717, 1.165) is 5.69 Å². The minimum Gasteiger partial charge on any atom is -0.507 e. The van der Waals surface area contributed by atoms with Gasteiger partial charge in [0.1, 0.15) is 5.75 Å². The summed E-state index contributed by atoms with van der Waals surface area (Å²) in [5.41, 5.74) is 0.895. The lowest BCUT2D eigenvalue weighted by Crippen LogP contribution is -1.85. The van der Waals surface area contributed by atoms with Crippen LogP contribution in [-0.2, 0) is 0 Å². The molecule has 0 amide bonds. The van der Waals surface area contributed by atoms with Gasteiger partial charge >= 0.3 is 0 Å². The van der Waals surface area contributed by atoms with Gasteiger partial charge in [0.05, 0.1) is 0 Å². The van der Waals surface area contributed by atoms with Gasteiger partial charge in [-0.3, -0.25) is 0 Å². The molecule has 9 heavy (non-hydrogen) atoms. The minimum atomic E-state index is 0.168. The van der Waals surface area contributed by atoms with E-state index in [1.807, 2.05) is 6.07 Å². The van der Waals surface area contributed by atoms with Crippen molar-refractivity contribution >= 4 is 5.69 Å². The van der Waals surface area contributed by atoms with Crippen molar-refractivity contribution in [2.24, 2.45) is 0 Å². The Bertz CT molecular complexity index is 198. The van der Waals surface area contributed by atoms with Crippen LogP contribution < -0.4 is 5.32 Å². The van der Waals surface area contributed by atoms with Crippen LogP contribution in [0.3, 0.4) is 0 Å². The van der Waals surface area contributed by atoms with Gasteiger partial charge < -0.3 is 10.4 Å². The molecule has 0 heterocycles. The van der Waals surface area contributed by atoms with Gasteiger partial charge in [-0.1, -0.05) is 0 Å². The molecule has 1 radical (unpaired) electrons. The van der Waals surface area contributed by atoms with Crippen LogP contribution in [0.5, 0.6) is 5.75 Å². The Balaban J connectivity index is 2.94. The SMILES string of the molecule is CNc1cc[c]c(O)c1. The van der Waals surface area contributed by atoms with Crippen LogP contribution in [0.2, 0.25) is 0 Å². The molecule has 0 unspecified atom stereocenters. The summed E-state index contributed by atoms with van der Waals surface area (Å²) >= 11 is 0. The Labute approximate surface area is 54.1 Å². The summed E-state index contributed by atoms with van der Waals surface area (Å²) in [6.45, 7) is 0. The second-order valence-corrected chi connectivity index (χ2v) is 1.71. The fraction of sp³-hybridized carbons (Fsp3) is 0.143. The summed E-state index contributed by atoms with van der Waals surface area (Å²) in [6, 6.07) is 7.73. The maximum atomic E-state index is 8.85. The molecule has 0 spiro atoms. The van der Waals surface area contributed by atoms with Gasteiger partial charge in [0.15, 0.2) is 0 Å². The van der Waals surface area contributed by atoms with Gasteiger partial charge in [-0.2, -0.15) is 0 Å². The number of phenolic OH excluding ortho intramolecular Hbond substituents is 1. The number of phenols is 1. The Kier molecular flexibility index (Phi) is 1.58. The van der Waals surface area contributed by atoms with E-state index in [4.69, 9.17) is 5.11 Å². The van der Waals surface area contributed by atoms with Crippen LogP contribution in [0, 0.1) is 6.07 Å². The molecule has 2 heteroatoms. The second-order valence-electron chi connectivity index (χ2n) is 1.71. The second kappa shape index (κ2) is 2.40. The molecule has 1 aromatic rings. The predicted molar refractivity (Wildman–Crippen MR) is 36.5 cm³/mol. The van der Waals surface area contributed by atoms with Gasteiger partial charge in [-0.25, -0.2) is 0 Å². The molecular formula is C7H8NO. The average Bonchev–Trinajstić information content (AvgIpc) is 1.88. The largest absolute Gasteiger partial charge is 0.507 e. The molecule has 1 aromatic carbocycles. The minimum absolute atomic E-state index is 0.168. The van der Waals surface area contributed by atoms with Crippen molar-refractivity contribution in [3.8, 4) is 5.75 Å². The molecule has 0 atom stereocenters. The van der Waals surface area contributed by atoms with Gasteiger partial charge in [-0.15, -0.1) is 0 Å². The number of hydrogen-bond acceptors (Lipinski definition) is 2. The summed E-state index contributed by atoms with van der Waals surface area (Å²) in [5.74, 6) is 0.168. The number of anilines is 1. The van der Waals surface area contributed by atoms with E-state index in [2.05, 4.69) is 11.4 Å². The first-order chi connectivity index (χ1) is 4.33. The summed E-state index contributed by atoms with van der Waals surface area (Å²) in [5, 5.41) is 11.7. The average molecular weight is 122 g/mol. The van der Waals surface area contributed by atoms with Crippen molar-refractivity contribution in [2.45, 2.75) is 0 Å². The Morgan fingerprint density at radius 3 is 2.89 bits per heavy atom. The van der Waals surface area contributed by atoms with Crippen LogP contribution in [0.25, 0.3) is 0 Å². The number of aromatic hydroxyl groups is 1. The van der Waals surface area contributed by atoms with E-state index in [1.165, 1.54) is 0 Å². The fourth-order valence-electron chi connectivity index (χ4n) is 0.609. The molecule has 47 valence electrons. The van der Waals surface area contributed by atoms with Crippen LogP contribution in [-0.4, -0.2) is 12.2 Å². The summed E-state index contributed by atoms with van der Waals surface area (Å²) < 4.78 is 0. The van der Waals surface area contributed by atoms with Crippen LogP contribution in [0.4, 0.5) is 5.69 Å². The molecular weight excluding hydrogens is 114 g/mol. The summed E-state index contributed by atoms with van der Waals surface area (Å²) in [4.78, 5) is 0. The van der Waals surface area contributed by atoms with E-state index < -0.39 is 0 Å². The normalized spacial score (nSPS) is 9.00. The quantitative estimate of drug-likeness (QED) is 0.587. The maximum Gasteiger partial charge on any atom is 0.125 e. The number of hydrogen-bond donors (Lipinski definition) is 2. The molecule has 0 fully saturated rings. The highest BCUT2D eigenvalue weighted by Gasteiger charge is 1.87. The first kappa shape index (κ1) is 5.95. The zero-order valence-electron chi connectivity index (χ0n) is 5.18. The van der Waals surface area contributed by atoms with Crippen molar-refractivity contribution in [1.29, 1.82) is 0 Å². The number of nitrogens with one attached hydrogen (secondary N) is 1.